The zero-order chi connectivity index (χ0) is 18.6. The third kappa shape index (κ3) is 4.51. The first kappa shape index (κ1) is 19.2. The van der Waals surface area contributed by atoms with Crippen LogP contribution in [0, 0.1) is 5.92 Å². The van der Waals surface area contributed by atoms with Crippen molar-refractivity contribution in [3.05, 3.63) is 29.8 Å². The maximum absolute atomic E-state index is 12.5. The van der Waals surface area contributed by atoms with Crippen molar-refractivity contribution in [3.8, 4) is 5.75 Å². The Morgan fingerprint density at radius 1 is 1.36 bits per heavy atom. The van der Waals surface area contributed by atoms with Crippen LogP contribution in [-0.2, 0) is 9.59 Å². The second kappa shape index (κ2) is 8.34. The van der Waals surface area contributed by atoms with Crippen LogP contribution in [0.2, 0.25) is 0 Å². The molecule has 1 saturated carbocycles. The van der Waals surface area contributed by atoms with Gasteiger partial charge in [-0.1, -0.05) is 26.0 Å². The van der Waals surface area contributed by atoms with Crippen LogP contribution < -0.4 is 10.1 Å². The van der Waals surface area contributed by atoms with Crippen LogP contribution in [0.25, 0.3) is 0 Å². The number of carbonyl (C=O) groups is 2. The molecule has 1 aliphatic carbocycles. The SMILES string of the molecule is COc1cccc(C2CC(N(C)C(=O)[C@H](CO)NC(=O)C(C)C)C2)c1. The number of rotatable bonds is 7. The molecule has 1 aromatic carbocycles. The first-order valence-electron chi connectivity index (χ1n) is 8.69. The summed E-state index contributed by atoms with van der Waals surface area (Å²) in [6.07, 6.45) is 1.73. The van der Waals surface area contributed by atoms with E-state index in [-0.39, 0.29) is 23.8 Å². The van der Waals surface area contributed by atoms with Crippen molar-refractivity contribution in [2.45, 2.75) is 44.7 Å². The smallest absolute Gasteiger partial charge is 0.247 e. The number of nitrogens with one attached hydrogen (secondary N) is 1. The number of aliphatic hydroxyl groups is 1. The van der Waals surface area contributed by atoms with Crippen LogP contribution in [0.15, 0.2) is 24.3 Å². The molecule has 138 valence electrons. The summed E-state index contributed by atoms with van der Waals surface area (Å²) in [6, 6.07) is 7.23. The van der Waals surface area contributed by atoms with E-state index < -0.39 is 12.6 Å². The Morgan fingerprint density at radius 2 is 2.04 bits per heavy atom. The zero-order valence-electron chi connectivity index (χ0n) is 15.4. The van der Waals surface area contributed by atoms with Crippen LogP contribution >= 0.6 is 0 Å². The average Bonchev–Trinajstić information content (AvgIpc) is 2.57. The molecule has 2 rings (SSSR count). The monoisotopic (exact) mass is 348 g/mol. The summed E-state index contributed by atoms with van der Waals surface area (Å²) in [5.41, 5.74) is 1.21. The number of amides is 2. The van der Waals surface area contributed by atoms with E-state index in [4.69, 9.17) is 4.74 Å². The van der Waals surface area contributed by atoms with Crippen molar-refractivity contribution in [2.75, 3.05) is 20.8 Å². The van der Waals surface area contributed by atoms with E-state index in [1.54, 1.807) is 32.9 Å². The molecule has 6 heteroatoms. The summed E-state index contributed by atoms with van der Waals surface area (Å²) in [7, 11) is 3.38. The van der Waals surface area contributed by atoms with Crippen LogP contribution in [0.4, 0.5) is 0 Å². The minimum Gasteiger partial charge on any atom is -0.497 e. The highest BCUT2D eigenvalue weighted by molar-refractivity contribution is 5.88. The summed E-state index contributed by atoms with van der Waals surface area (Å²) in [5.74, 6) is 0.526. The van der Waals surface area contributed by atoms with Crippen LogP contribution in [0.1, 0.15) is 38.2 Å². The number of nitrogens with zero attached hydrogens (tertiary/aromatic N) is 1. The quantitative estimate of drug-likeness (QED) is 0.783. The summed E-state index contributed by atoms with van der Waals surface area (Å²) >= 11 is 0. The van der Waals surface area contributed by atoms with Crippen LogP contribution in [-0.4, -0.2) is 54.7 Å². The minimum atomic E-state index is -0.879. The van der Waals surface area contributed by atoms with E-state index in [2.05, 4.69) is 11.4 Å². The zero-order valence-corrected chi connectivity index (χ0v) is 15.4. The number of hydrogen-bond donors (Lipinski definition) is 2. The summed E-state index contributed by atoms with van der Waals surface area (Å²) in [4.78, 5) is 26.0. The van der Waals surface area contributed by atoms with Gasteiger partial charge in [-0.05, 0) is 36.5 Å². The molecule has 2 N–H and O–H groups in total. The molecule has 1 atom stereocenters. The predicted octanol–water partition coefficient (Wildman–Crippen LogP) is 1.53. The Hall–Kier alpha value is -2.08. The lowest BCUT2D eigenvalue weighted by atomic mass is 9.75. The number of ether oxygens (including phenoxy) is 1. The van der Waals surface area contributed by atoms with Crippen molar-refractivity contribution in [1.82, 2.24) is 10.2 Å². The molecule has 6 nitrogen and oxygen atoms in total. The van der Waals surface area contributed by atoms with Crippen molar-refractivity contribution in [1.29, 1.82) is 0 Å². The molecule has 0 unspecified atom stereocenters. The van der Waals surface area contributed by atoms with Gasteiger partial charge in [-0.3, -0.25) is 9.59 Å². The van der Waals surface area contributed by atoms with E-state index in [9.17, 15) is 14.7 Å². The van der Waals surface area contributed by atoms with Gasteiger partial charge in [0.1, 0.15) is 11.8 Å². The van der Waals surface area contributed by atoms with Gasteiger partial charge in [0.25, 0.3) is 0 Å². The lowest BCUT2D eigenvalue weighted by molar-refractivity contribution is -0.140. The van der Waals surface area contributed by atoms with Crippen molar-refractivity contribution in [3.63, 3.8) is 0 Å². The first-order valence-corrected chi connectivity index (χ1v) is 8.69. The van der Waals surface area contributed by atoms with Crippen LogP contribution in [0.5, 0.6) is 5.75 Å². The number of methoxy groups -OCH3 is 1. The standard InChI is InChI=1S/C19H28N2O4/c1-12(2)18(23)20-17(11-22)19(24)21(3)15-8-14(9-15)13-6-5-7-16(10-13)25-4/h5-7,10,12,14-15,17,22H,8-9,11H2,1-4H3,(H,20,23)/t14?,15?,17-/m0/s1. The fourth-order valence-electron chi connectivity index (χ4n) is 3.02. The molecule has 1 fully saturated rings. The maximum atomic E-state index is 12.5. The molecule has 0 radical (unpaired) electrons. The number of hydrogen-bond acceptors (Lipinski definition) is 4. The fraction of sp³-hybridized carbons (Fsp3) is 0.579. The van der Waals surface area contributed by atoms with E-state index >= 15 is 0 Å². The second-order valence-corrected chi connectivity index (χ2v) is 6.95. The third-order valence-corrected chi connectivity index (χ3v) is 4.90. The van der Waals surface area contributed by atoms with Crippen molar-refractivity contribution in [2.24, 2.45) is 5.92 Å². The van der Waals surface area contributed by atoms with Gasteiger partial charge in [-0.2, -0.15) is 0 Å². The van der Waals surface area contributed by atoms with Crippen molar-refractivity contribution >= 4 is 11.8 Å². The van der Waals surface area contributed by atoms with E-state index in [0.717, 1.165) is 18.6 Å². The van der Waals surface area contributed by atoms with Crippen molar-refractivity contribution < 1.29 is 19.4 Å². The summed E-state index contributed by atoms with van der Waals surface area (Å²) in [6.45, 7) is 3.11. The molecular weight excluding hydrogens is 320 g/mol. The highest BCUT2D eigenvalue weighted by Gasteiger charge is 2.37. The number of benzene rings is 1. The highest BCUT2D eigenvalue weighted by Crippen LogP contribution is 2.40. The Morgan fingerprint density at radius 3 is 2.60 bits per heavy atom. The average molecular weight is 348 g/mol. The molecular formula is C19H28N2O4. The van der Waals surface area contributed by atoms with Gasteiger partial charge in [0, 0.05) is 19.0 Å². The Labute approximate surface area is 149 Å². The summed E-state index contributed by atoms with van der Waals surface area (Å²) in [5, 5.41) is 12.1. The molecule has 0 spiro atoms. The molecule has 0 bridgehead atoms. The largest absolute Gasteiger partial charge is 0.497 e. The number of carbonyl (C=O) groups excluding carboxylic acids is 2. The molecule has 1 aromatic rings. The van der Waals surface area contributed by atoms with Gasteiger partial charge in [-0.25, -0.2) is 0 Å². The molecule has 0 aliphatic heterocycles. The van der Waals surface area contributed by atoms with Gasteiger partial charge in [0.2, 0.25) is 11.8 Å². The molecule has 0 aromatic heterocycles. The predicted molar refractivity (Wildman–Crippen MR) is 95.4 cm³/mol. The van der Waals surface area contributed by atoms with Gasteiger partial charge in [0.05, 0.1) is 13.7 Å². The Balaban J connectivity index is 1.92. The molecule has 0 saturated heterocycles. The minimum absolute atomic E-state index is 0.119. The molecule has 1 aliphatic rings. The highest BCUT2D eigenvalue weighted by atomic mass is 16.5. The molecule has 25 heavy (non-hydrogen) atoms. The van der Waals surface area contributed by atoms with Gasteiger partial charge in [-0.15, -0.1) is 0 Å². The second-order valence-electron chi connectivity index (χ2n) is 6.95. The third-order valence-electron chi connectivity index (χ3n) is 4.90. The van der Waals surface area contributed by atoms with Gasteiger partial charge < -0.3 is 20.1 Å². The maximum Gasteiger partial charge on any atom is 0.247 e. The van der Waals surface area contributed by atoms with Crippen LogP contribution in [0.3, 0.4) is 0 Å². The number of likely N-dealkylation sites (N-methyl/N-ethyl adjacent to an activating group) is 1. The Kier molecular flexibility index (Phi) is 6.42. The lowest BCUT2D eigenvalue weighted by Crippen LogP contribution is -2.55. The van der Waals surface area contributed by atoms with E-state index in [1.807, 2.05) is 18.2 Å². The molecule has 2 amide bonds. The van der Waals surface area contributed by atoms with E-state index in [1.165, 1.54) is 5.56 Å². The fourth-order valence-corrected chi connectivity index (χ4v) is 3.02. The summed E-state index contributed by atoms with van der Waals surface area (Å²) < 4.78 is 5.26. The lowest BCUT2D eigenvalue weighted by Gasteiger charge is -2.42. The number of aliphatic hydroxyl groups excluding tert-OH is 1. The van der Waals surface area contributed by atoms with E-state index in [0.29, 0.717) is 5.92 Å². The Bertz CT molecular complexity index is 611. The first-order chi connectivity index (χ1) is 11.9. The van der Waals surface area contributed by atoms with Gasteiger partial charge >= 0.3 is 0 Å². The normalized spacial score (nSPS) is 20.6. The molecule has 0 heterocycles. The van der Waals surface area contributed by atoms with Gasteiger partial charge in [0.15, 0.2) is 0 Å². The topological polar surface area (TPSA) is 78.9 Å².